The molecule has 1 saturated carbocycles. The summed E-state index contributed by atoms with van der Waals surface area (Å²) >= 11 is 3.71. The Labute approximate surface area is 228 Å². The summed E-state index contributed by atoms with van der Waals surface area (Å²) in [6, 6.07) is 36.1. The summed E-state index contributed by atoms with van der Waals surface area (Å²) in [7, 11) is 0. The number of hydrogen-bond donors (Lipinski definition) is 0. The van der Waals surface area contributed by atoms with E-state index in [1.54, 1.807) is 5.56 Å². The fourth-order valence-electron chi connectivity index (χ4n) is 6.80. The lowest BCUT2D eigenvalue weighted by Crippen LogP contribution is -2.22. The third-order valence-corrected chi connectivity index (χ3v) is 9.22. The molecule has 0 N–H and O–H groups in total. The van der Waals surface area contributed by atoms with Crippen LogP contribution in [-0.4, -0.2) is 0 Å². The zero-order valence-corrected chi connectivity index (χ0v) is 22.5. The van der Waals surface area contributed by atoms with Crippen molar-refractivity contribution >= 4 is 27.3 Å². The molecule has 7 rings (SSSR count). The van der Waals surface area contributed by atoms with E-state index < -0.39 is 0 Å². The fourth-order valence-corrected chi connectivity index (χ4v) is 7.13. The summed E-state index contributed by atoms with van der Waals surface area (Å²) in [5, 5.41) is 0. The minimum atomic E-state index is 0.175. The molecule has 0 bridgehead atoms. The zero-order chi connectivity index (χ0) is 24.8. The first kappa shape index (κ1) is 22.8. The molecule has 0 amide bonds. The van der Waals surface area contributed by atoms with Crippen LogP contribution in [-0.2, 0) is 5.41 Å². The van der Waals surface area contributed by atoms with Crippen LogP contribution in [0.15, 0.2) is 119 Å². The molecule has 4 aromatic rings. The Hall–Kier alpha value is -3.36. The number of allylic oxidation sites excluding steroid dienone is 4. The lowest BCUT2D eigenvalue weighted by Gasteiger charge is -2.32. The highest BCUT2D eigenvalue weighted by Gasteiger charge is 2.45. The number of fused-ring (bicyclic) bond motifs is 5. The molecule has 1 spiro atoms. The van der Waals surface area contributed by atoms with Crippen LogP contribution in [0.1, 0.15) is 49.7 Å². The molecule has 3 aliphatic rings. The van der Waals surface area contributed by atoms with E-state index in [0.29, 0.717) is 0 Å². The number of halogens is 1. The smallest absolute Gasteiger partial charge is 0.0461 e. The molecule has 4 aromatic carbocycles. The van der Waals surface area contributed by atoms with Crippen LogP contribution >= 0.6 is 15.9 Å². The predicted molar refractivity (Wildman–Crippen MR) is 159 cm³/mol. The van der Waals surface area contributed by atoms with Gasteiger partial charge in [-0.1, -0.05) is 108 Å². The molecule has 0 saturated heterocycles. The minimum absolute atomic E-state index is 0.175. The maximum absolute atomic E-state index is 3.71. The number of nitrogens with zero attached hydrogens (tertiary/aromatic N) is 1. The van der Waals surface area contributed by atoms with Gasteiger partial charge in [0.1, 0.15) is 0 Å². The number of benzene rings is 4. The number of hydrogen-bond acceptors (Lipinski definition) is 1. The van der Waals surface area contributed by atoms with E-state index in [4.69, 9.17) is 0 Å². The largest absolute Gasteiger partial charge is 0.314 e. The molecular weight excluding hydrogens is 514 g/mol. The molecule has 182 valence electrons. The van der Waals surface area contributed by atoms with Gasteiger partial charge in [0.2, 0.25) is 0 Å². The zero-order valence-electron chi connectivity index (χ0n) is 21.0. The van der Waals surface area contributed by atoms with E-state index in [2.05, 4.69) is 130 Å². The van der Waals surface area contributed by atoms with Crippen molar-refractivity contribution in [3.63, 3.8) is 0 Å². The lowest BCUT2D eigenvalue weighted by atomic mass is 9.76. The highest BCUT2D eigenvalue weighted by atomic mass is 79.9. The Kier molecular flexibility index (Phi) is 5.66. The summed E-state index contributed by atoms with van der Waals surface area (Å²) < 4.78 is 1.27. The van der Waals surface area contributed by atoms with Gasteiger partial charge in [-0.25, -0.2) is 0 Å². The third kappa shape index (κ3) is 3.81. The van der Waals surface area contributed by atoms with Crippen molar-refractivity contribution in [2.75, 3.05) is 4.90 Å². The molecule has 3 aliphatic carbocycles. The summed E-state index contributed by atoms with van der Waals surface area (Å²) in [6.45, 7) is 0. The van der Waals surface area contributed by atoms with Crippen molar-refractivity contribution in [1.82, 2.24) is 0 Å². The molecule has 0 atom stereocenters. The highest BCUT2D eigenvalue weighted by molar-refractivity contribution is 9.11. The topological polar surface area (TPSA) is 3.24 Å². The summed E-state index contributed by atoms with van der Waals surface area (Å²) in [6.07, 6.45) is 11.7. The van der Waals surface area contributed by atoms with Crippen molar-refractivity contribution in [2.24, 2.45) is 0 Å². The lowest BCUT2D eigenvalue weighted by molar-refractivity contribution is 0.550. The van der Waals surface area contributed by atoms with E-state index in [1.165, 1.54) is 75.1 Å². The van der Waals surface area contributed by atoms with Gasteiger partial charge >= 0.3 is 0 Å². The Morgan fingerprint density at radius 1 is 0.595 bits per heavy atom. The van der Waals surface area contributed by atoms with E-state index in [1.807, 2.05) is 0 Å². The highest BCUT2D eigenvalue weighted by Crippen LogP contribution is 2.57. The second-order valence-corrected chi connectivity index (χ2v) is 11.6. The van der Waals surface area contributed by atoms with Gasteiger partial charge in [-0.2, -0.15) is 0 Å². The molecule has 0 aromatic heterocycles. The molecule has 0 unspecified atom stereocenters. The maximum Gasteiger partial charge on any atom is 0.0461 e. The van der Waals surface area contributed by atoms with E-state index in [9.17, 15) is 0 Å². The van der Waals surface area contributed by atoms with Gasteiger partial charge < -0.3 is 4.90 Å². The molecule has 37 heavy (non-hydrogen) atoms. The quantitative estimate of drug-likeness (QED) is 0.247. The molecule has 1 nitrogen and oxygen atoms in total. The van der Waals surface area contributed by atoms with Crippen LogP contribution in [0.2, 0.25) is 0 Å². The van der Waals surface area contributed by atoms with Crippen molar-refractivity contribution < 1.29 is 0 Å². The molecular formula is C35H30BrN. The Bertz CT molecular complexity index is 1520. The summed E-state index contributed by atoms with van der Waals surface area (Å²) in [5.74, 6) is 0. The Balaban J connectivity index is 1.35. The predicted octanol–water partition coefficient (Wildman–Crippen LogP) is 10.3. The molecule has 0 radical (unpaired) electrons. The van der Waals surface area contributed by atoms with Crippen molar-refractivity contribution in [1.29, 1.82) is 0 Å². The molecule has 1 fully saturated rings. The van der Waals surface area contributed by atoms with Gasteiger partial charge in [0.05, 0.1) is 0 Å². The first-order chi connectivity index (χ1) is 18.2. The fraction of sp³-hybridized carbons (Fsp3) is 0.200. The number of anilines is 2. The van der Waals surface area contributed by atoms with Crippen LogP contribution < -0.4 is 4.90 Å². The van der Waals surface area contributed by atoms with Crippen LogP contribution in [0.3, 0.4) is 0 Å². The van der Waals surface area contributed by atoms with Gasteiger partial charge in [0.15, 0.2) is 0 Å². The Morgan fingerprint density at radius 3 is 2.03 bits per heavy atom. The maximum atomic E-state index is 3.71. The first-order valence-electron chi connectivity index (χ1n) is 13.5. The second kappa shape index (κ2) is 9.19. The van der Waals surface area contributed by atoms with Crippen LogP contribution in [0, 0.1) is 0 Å². The average Bonchev–Trinajstić information content (AvgIpc) is 3.56. The average molecular weight is 545 g/mol. The molecule has 0 heterocycles. The van der Waals surface area contributed by atoms with Gasteiger partial charge in [-0.3, -0.25) is 0 Å². The summed E-state index contributed by atoms with van der Waals surface area (Å²) in [4.78, 5) is 2.48. The van der Waals surface area contributed by atoms with Crippen LogP contribution in [0.4, 0.5) is 11.4 Å². The number of rotatable bonds is 4. The van der Waals surface area contributed by atoms with Crippen molar-refractivity contribution in [3.8, 4) is 22.3 Å². The van der Waals surface area contributed by atoms with E-state index in [-0.39, 0.29) is 5.41 Å². The van der Waals surface area contributed by atoms with Crippen molar-refractivity contribution in [2.45, 2.75) is 43.9 Å². The van der Waals surface area contributed by atoms with Gasteiger partial charge in [-0.05, 0) is 93.9 Å². The first-order valence-corrected chi connectivity index (χ1v) is 14.3. The second-order valence-electron chi connectivity index (χ2n) is 10.6. The van der Waals surface area contributed by atoms with E-state index in [0.717, 1.165) is 12.8 Å². The summed E-state index contributed by atoms with van der Waals surface area (Å²) in [5.41, 5.74) is 12.4. The normalized spacial score (nSPS) is 17.2. The van der Waals surface area contributed by atoms with Crippen molar-refractivity contribution in [3.05, 3.63) is 131 Å². The monoisotopic (exact) mass is 543 g/mol. The van der Waals surface area contributed by atoms with Gasteiger partial charge in [0.25, 0.3) is 0 Å². The SMILES string of the molecule is BrC1=CC=C(N(c2ccc(-c3ccccc3)cc2)c2ccc3c(c2)C2(CCCC2)c2ccccc2-3)CC1. The minimum Gasteiger partial charge on any atom is -0.314 e. The van der Waals surface area contributed by atoms with Gasteiger partial charge in [0, 0.05) is 22.5 Å². The van der Waals surface area contributed by atoms with E-state index >= 15 is 0 Å². The standard InChI is InChI=1S/C35H30BrN/c36-27-14-18-29(19-15-27)37(28-16-12-26(13-17-28)25-8-2-1-3-9-25)30-20-21-32-31-10-4-5-11-33(31)35(34(32)24-30)22-6-7-23-35/h1-5,8-14,16-18,20-21,24H,6-7,15,19,22-23H2. The molecule has 0 aliphatic heterocycles. The van der Waals surface area contributed by atoms with Gasteiger partial charge in [-0.15, -0.1) is 0 Å². The Morgan fingerprint density at radius 2 is 1.27 bits per heavy atom. The third-order valence-electron chi connectivity index (χ3n) is 8.56. The molecule has 2 heteroatoms. The van der Waals surface area contributed by atoms with Crippen LogP contribution in [0.5, 0.6) is 0 Å². The van der Waals surface area contributed by atoms with Crippen LogP contribution in [0.25, 0.3) is 22.3 Å².